The van der Waals surface area contributed by atoms with Gasteiger partial charge >= 0.3 is 5.97 Å². The second-order valence-electron chi connectivity index (χ2n) is 4.59. The smallest absolute Gasteiger partial charge is 0.341 e. The second kappa shape index (κ2) is 5.47. The number of carbonyl (C=O) groups is 1. The van der Waals surface area contributed by atoms with Crippen LogP contribution in [0.15, 0.2) is 23.3 Å². The van der Waals surface area contributed by atoms with Crippen LogP contribution >= 0.6 is 11.7 Å². The summed E-state index contributed by atoms with van der Waals surface area (Å²) in [6, 6.07) is 0.484. The van der Waals surface area contributed by atoms with Gasteiger partial charge in [-0.25, -0.2) is 18.0 Å². The van der Waals surface area contributed by atoms with E-state index in [0.717, 1.165) is 22.5 Å². The summed E-state index contributed by atoms with van der Waals surface area (Å²) in [5.41, 5.74) is -1.98. The van der Waals surface area contributed by atoms with Gasteiger partial charge in [-0.15, -0.1) is 0 Å². The molecule has 10 heteroatoms. The Morgan fingerprint density at radius 2 is 2.04 bits per heavy atom. The van der Waals surface area contributed by atoms with Crippen LogP contribution in [0.3, 0.4) is 0 Å². The monoisotopic (exact) mass is 341 g/mol. The van der Waals surface area contributed by atoms with E-state index in [1.165, 1.54) is 6.20 Å². The predicted octanol–water partition coefficient (Wildman–Crippen LogP) is 2.02. The molecule has 0 bridgehead atoms. The number of pyridine rings is 1. The number of aromatic carboxylic acids is 1. The Hall–Kier alpha value is -2.75. The molecule has 0 amide bonds. The van der Waals surface area contributed by atoms with E-state index in [2.05, 4.69) is 8.75 Å². The number of nitrogens with zero attached hydrogens (tertiary/aromatic N) is 3. The molecule has 23 heavy (non-hydrogen) atoms. The maximum Gasteiger partial charge on any atom is 0.341 e. The van der Waals surface area contributed by atoms with Crippen molar-refractivity contribution in [3.05, 3.63) is 57.4 Å². The first kappa shape index (κ1) is 15.2. The van der Waals surface area contributed by atoms with Crippen molar-refractivity contribution in [2.24, 2.45) is 0 Å². The molecule has 0 fully saturated rings. The number of hydrogen-bond donors (Lipinski definition) is 1. The Bertz CT molecular complexity index is 986. The molecule has 6 nitrogen and oxygen atoms in total. The zero-order chi connectivity index (χ0) is 16.7. The number of halogens is 3. The molecule has 2 heterocycles. The van der Waals surface area contributed by atoms with Crippen LogP contribution in [-0.2, 0) is 6.54 Å². The lowest BCUT2D eigenvalue weighted by atomic mass is 10.1. The topological polar surface area (TPSA) is 85.1 Å². The van der Waals surface area contributed by atoms with Gasteiger partial charge in [-0.05, 0) is 6.07 Å². The van der Waals surface area contributed by atoms with Gasteiger partial charge in [0.25, 0.3) is 0 Å². The van der Waals surface area contributed by atoms with E-state index in [9.17, 15) is 22.8 Å². The Morgan fingerprint density at radius 1 is 1.30 bits per heavy atom. The van der Waals surface area contributed by atoms with Gasteiger partial charge in [-0.2, -0.15) is 8.75 Å². The maximum atomic E-state index is 14.1. The number of carboxylic acid groups (broad SMARTS) is 1. The third-order valence-corrected chi connectivity index (χ3v) is 3.68. The molecular formula is C13H6F3N3O3S. The zero-order valence-electron chi connectivity index (χ0n) is 11.1. The fraction of sp³-hybridized carbons (Fsp3) is 0.0769. The minimum Gasteiger partial charge on any atom is -0.477 e. The van der Waals surface area contributed by atoms with Crippen molar-refractivity contribution >= 4 is 28.6 Å². The molecule has 1 N–H and O–H groups in total. The minimum atomic E-state index is -1.75. The molecule has 0 aliphatic heterocycles. The summed E-state index contributed by atoms with van der Waals surface area (Å²) in [6.07, 6.45) is 2.22. The van der Waals surface area contributed by atoms with Crippen molar-refractivity contribution < 1.29 is 23.1 Å². The van der Waals surface area contributed by atoms with Crippen LogP contribution in [0.5, 0.6) is 0 Å². The number of rotatable bonds is 3. The SMILES string of the molecule is O=C(O)c1cn(Cc2cnsn2)c2c(F)c(F)c(F)cc2c1=O. The van der Waals surface area contributed by atoms with Gasteiger partial charge in [0.1, 0.15) is 5.56 Å². The summed E-state index contributed by atoms with van der Waals surface area (Å²) in [5, 5.41) is 8.50. The molecule has 2 aromatic heterocycles. The lowest BCUT2D eigenvalue weighted by Crippen LogP contribution is -2.20. The van der Waals surface area contributed by atoms with Crippen molar-refractivity contribution in [1.29, 1.82) is 0 Å². The van der Waals surface area contributed by atoms with Gasteiger partial charge in [0.15, 0.2) is 17.5 Å². The van der Waals surface area contributed by atoms with Gasteiger partial charge in [-0.3, -0.25) is 4.79 Å². The molecule has 3 rings (SSSR count). The highest BCUT2D eigenvalue weighted by Crippen LogP contribution is 2.22. The van der Waals surface area contributed by atoms with E-state index in [4.69, 9.17) is 5.11 Å². The Morgan fingerprint density at radius 3 is 2.65 bits per heavy atom. The lowest BCUT2D eigenvalue weighted by Gasteiger charge is -2.12. The van der Waals surface area contributed by atoms with E-state index < -0.39 is 45.3 Å². The van der Waals surface area contributed by atoms with Crippen LogP contribution in [0.4, 0.5) is 13.2 Å². The summed E-state index contributed by atoms with van der Waals surface area (Å²) in [4.78, 5) is 23.2. The van der Waals surface area contributed by atoms with E-state index in [0.29, 0.717) is 11.8 Å². The van der Waals surface area contributed by atoms with Crippen molar-refractivity contribution in [3.8, 4) is 0 Å². The summed E-state index contributed by atoms with van der Waals surface area (Å²) in [7, 11) is 0. The van der Waals surface area contributed by atoms with E-state index in [1.807, 2.05) is 0 Å². The molecule has 3 aromatic rings. The molecule has 0 radical (unpaired) electrons. The Labute approximate surface area is 129 Å². The van der Waals surface area contributed by atoms with Crippen molar-refractivity contribution in [1.82, 2.24) is 13.3 Å². The summed E-state index contributed by atoms with van der Waals surface area (Å²) in [5.74, 6) is -6.45. The van der Waals surface area contributed by atoms with Crippen LogP contribution in [0.25, 0.3) is 10.9 Å². The Balaban J connectivity index is 2.41. The fourth-order valence-electron chi connectivity index (χ4n) is 2.17. The third kappa shape index (κ3) is 2.46. The zero-order valence-corrected chi connectivity index (χ0v) is 11.9. The highest BCUT2D eigenvalue weighted by Gasteiger charge is 2.22. The number of carboxylic acids is 1. The van der Waals surface area contributed by atoms with Crippen LogP contribution in [0.1, 0.15) is 16.1 Å². The quantitative estimate of drug-likeness (QED) is 0.737. The average molecular weight is 341 g/mol. The molecule has 118 valence electrons. The molecule has 0 saturated carbocycles. The van der Waals surface area contributed by atoms with Crippen molar-refractivity contribution in [3.63, 3.8) is 0 Å². The van der Waals surface area contributed by atoms with Gasteiger partial charge < -0.3 is 9.67 Å². The van der Waals surface area contributed by atoms with Crippen molar-refractivity contribution in [2.75, 3.05) is 0 Å². The van der Waals surface area contributed by atoms with Crippen LogP contribution in [0, 0.1) is 17.5 Å². The molecule has 0 aliphatic rings. The van der Waals surface area contributed by atoms with Gasteiger partial charge in [-0.1, -0.05) is 0 Å². The highest BCUT2D eigenvalue weighted by atomic mass is 32.1. The van der Waals surface area contributed by atoms with E-state index in [1.54, 1.807) is 0 Å². The predicted molar refractivity (Wildman–Crippen MR) is 74.1 cm³/mol. The molecule has 0 unspecified atom stereocenters. The van der Waals surface area contributed by atoms with Gasteiger partial charge in [0.05, 0.1) is 41.1 Å². The van der Waals surface area contributed by atoms with Crippen LogP contribution in [0.2, 0.25) is 0 Å². The van der Waals surface area contributed by atoms with E-state index >= 15 is 0 Å². The third-order valence-electron chi connectivity index (χ3n) is 3.17. The second-order valence-corrected chi connectivity index (χ2v) is 5.14. The number of fused-ring (bicyclic) bond motifs is 1. The van der Waals surface area contributed by atoms with E-state index in [-0.39, 0.29) is 6.54 Å². The minimum absolute atomic E-state index is 0.157. The van der Waals surface area contributed by atoms with Gasteiger partial charge in [0, 0.05) is 6.20 Å². The Kier molecular flexibility index (Phi) is 3.60. The summed E-state index contributed by atoms with van der Waals surface area (Å²) < 4.78 is 49.6. The first-order valence-corrected chi connectivity index (χ1v) is 6.83. The molecule has 0 spiro atoms. The standard InChI is InChI=1S/C13H6F3N3O3S/c14-8-1-6-11(10(16)9(8)15)19(3-5-2-17-23-18-5)4-7(12(6)20)13(21)22/h1-2,4H,3H2,(H,21,22). The number of aromatic nitrogens is 3. The first-order valence-electron chi connectivity index (χ1n) is 6.10. The number of benzene rings is 1. The largest absolute Gasteiger partial charge is 0.477 e. The highest BCUT2D eigenvalue weighted by molar-refractivity contribution is 6.99. The number of hydrogen-bond acceptors (Lipinski definition) is 5. The molecule has 1 aromatic carbocycles. The van der Waals surface area contributed by atoms with Crippen molar-refractivity contribution in [2.45, 2.75) is 6.54 Å². The summed E-state index contributed by atoms with van der Waals surface area (Å²) >= 11 is 0.868. The molecule has 0 saturated heterocycles. The maximum absolute atomic E-state index is 14.1. The lowest BCUT2D eigenvalue weighted by molar-refractivity contribution is 0.0695. The average Bonchev–Trinajstić information content (AvgIpc) is 3.00. The van der Waals surface area contributed by atoms with Crippen LogP contribution in [-0.4, -0.2) is 24.4 Å². The first-order chi connectivity index (χ1) is 10.9. The molecule has 0 aliphatic carbocycles. The molecule has 0 atom stereocenters. The normalized spacial score (nSPS) is 11.1. The van der Waals surface area contributed by atoms with Gasteiger partial charge in [0.2, 0.25) is 5.43 Å². The molecular weight excluding hydrogens is 335 g/mol. The summed E-state index contributed by atoms with van der Waals surface area (Å²) in [6.45, 7) is -0.157. The fourth-order valence-corrected chi connectivity index (χ4v) is 2.59. The van der Waals surface area contributed by atoms with Crippen LogP contribution < -0.4 is 5.43 Å².